The zero-order valence-electron chi connectivity index (χ0n) is 7.65. The zero-order valence-corrected chi connectivity index (χ0v) is 8.41. The van der Waals surface area contributed by atoms with E-state index < -0.39 is 0 Å². The Bertz CT molecular complexity index is 439. The molecule has 0 saturated carbocycles. The van der Waals surface area contributed by atoms with Gasteiger partial charge in [-0.2, -0.15) is 0 Å². The lowest BCUT2D eigenvalue weighted by Gasteiger charge is -2.00. The molecular formula is C10H11ClN2O. The summed E-state index contributed by atoms with van der Waals surface area (Å²) in [5.41, 5.74) is 1.03. The van der Waals surface area contributed by atoms with Crippen molar-refractivity contribution in [2.45, 2.75) is 12.8 Å². The average Bonchev–Trinajstić information content (AvgIpc) is 2.57. The molecule has 0 saturated heterocycles. The molecule has 0 atom stereocenters. The number of nitrogens with zero attached hydrogens (tertiary/aromatic N) is 2. The van der Waals surface area contributed by atoms with Gasteiger partial charge in [-0.1, -0.05) is 11.6 Å². The minimum Gasteiger partial charge on any atom is -0.396 e. The summed E-state index contributed by atoms with van der Waals surface area (Å²) in [6.07, 6.45) is 5.15. The van der Waals surface area contributed by atoms with E-state index in [0.717, 1.165) is 24.2 Å². The Kier molecular flexibility index (Phi) is 2.70. The number of rotatable bonds is 3. The van der Waals surface area contributed by atoms with Crippen LogP contribution in [0.5, 0.6) is 0 Å². The van der Waals surface area contributed by atoms with Gasteiger partial charge in [0.05, 0.1) is 16.7 Å². The van der Waals surface area contributed by atoms with Gasteiger partial charge in [0.25, 0.3) is 0 Å². The van der Waals surface area contributed by atoms with Crippen molar-refractivity contribution in [2.24, 2.45) is 0 Å². The number of fused-ring (bicyclic) bond motifs is 1. The molecule has 0 fully saturated rings. The summed E-state index contributed by atoms with van der Waals surface area (Å²) in [7, 11) is 0. The highest BCUT2D eigenvalue weighted by molar-refractivity contribution is 6.30. The number of hydrogen-bond acceptors (Lipinski definition) is 2. The highest BCUT2D eigenvalue weighted by Crippen LogP contribution is 2.13. The Balaban J connectivity index is 2.40. The van der Waals surface area contributed by atoms with Gasteiger partial charge >= 0.3 is 0 Å². The molecule has 0 aliphatic carbocycles. The van der Waals surface area contributed by atoms with Crippen molar-refractivity contribution in [3.8, 4) is 0 Å². The summed E-state index contributed by atoms with van der Waals surface area (Å²) < 4.78 is 1.96. The van der Waals surface area contributed by atoms with Crippen LogP contribution in [0, 0.1) is 0 Å². The third-order valence-electron chi connectivity index (χ3n) is 2.13. The maximum Gasteiger partial charge on any atom is 0.113 e. The Morgan fingerprint density at radius 2 is 2.29 bits per heavy atom. The van der Waals surface area contributed by atoms with Gasteiger partial charge in [0, 0.05) is 19.2 Å². The molecular weight excluding hydrogens is 200 g/mol. The van der Waals surface area contributed by atoms with E-state index in [2.05, 4.69) is 4.98 Å². The predicted molar refractivity (Wildman–Crippen MR) is 55.6 cm³/mol. The molecule has 1 N–H and O–H groups in total. The quantitative estimate of drug-likeness (QED) is 0.841. The molecule has 0 bridgehead atoms. The Labute approximate surface area is 87.0 Å². The molecule has 14 heavy (non-hydrogen) atoms. The first-order valence-electron chi connectivity index (χ1n) is 4.53. The monoisotopic (exact) mass is 210 g/mol. The first-order valence-corrected chi connectivity index (χ1v) is 4.91. The fraction of sp³-hybridized carbons (Fsp3) is 0.300. The minimum absolute atomic E-state index is 0.190. The molecule has 2 aromatic heterocycles. The number of aryl methyl sites for hydroxylation is 1. The van der Waals surface area contributed by atoms with Crippen LogP contribution >= 0.6 is 11.6 Å². The van der Waals surface area contributed by atoms with Gasteiger partial charge in [-0.3, -0.25) is 0 Å². The number of aromatic nitrogens is 2. The zero-order chi connectivity index (χ0) is 9.97. The van der Waals surface area contributed by atoms with Gasteiger partial charge in [-0.25, -0.2) is 4.98 Å². The van der Waals surface area contributed by atoms with E-state index in [1.54, 1.807) is 0 Å². The van der Waals surface area contributed by atoms with Crippen molar-refractivity contribution in [1.29, 1.82) is 0 Å². The minimum atomic E-state index is 0.190. The highest BCUT2D eigenvalue weighted by Gasteiger charge is 2.02. The molecule has 0 aliphatic heterocycles. The van der Waals surface area contributed by atoms with E-state index in [4.69, 9.17) is 16.7 Å². The van der Waals surface area contributed by atoms with Crippen LogP contribution < -0.4 is 0 Å². The molecule has 0 aliphatic rings. The topological polar surface area (TPSA) is 37.5 Å². The molecule has 0 radical (unpaired) electrons. The van der Waals surface area contributed by atoms with E-state index >= 15 is 0 Å². The lowest BCUT2D eigenvalue weighted by atomic mass is 10.3. The van der Waals surface area contributed by atoms with Gasteiger partial charge in [0.1, 0.15) is 5.82 Å². The normalized spacial score (nSPS) is 11.0. The molecule has 0 spiro atoms. The summed E-state index contributed by atoms with van der Waals surface area (Å²) >= 11 is 5.88. The van der Waals surface area contributed by atoms with Crippen LogP contribution in [0.3, 0.4) is 0 Å². The molecule has 3 nitrogen and oxygen atoms in total. The van der Waals surface area contributed by atoms with Gasteiger partial charge in [-0.15, -0.1) is 0 Å². The molecule has 4 heteroatoms. The van der Waals surface area contributed by atoms with Crippen molar-refractivity contribution < 1.29 is 5.11 Å². The van der Waals surface area contributed by atoms with Crippen molar-refractivity contribution in [3.05, 3.63) is 35.4 Å². The maximum atomic E-state index is 8.73. The van der Waals surface area contributed by atoms with E-state index in [-0.39, 0.29) is 6.61 Å². The fourth-order valence-electron chi connectivity index (χ4n) is 1.44. The second-order valence-corrected chi connectivity index (χ2v) is 3.58. The van der Waals surface area contributed by atoms with Gasteiger partial charge in [0.2, 0.25) is 0 Å². The van der Waals surface area contributed by atoms with Crippen LogP contribution in [0.2, 0.25) is 5.02 Å². The van der Waals surface area contributed by atoms with Crippen LogP contribution in [-0.4, -0.2) is 21.1 Å². The Morgan fingerprint density at radius 1 is 1.43 bits per heavy atom. The van der Waals surface area contributed by atoms with Crippen LogP contribution in [0.4, 0.5) is 0 Å². The number of aliphatic hydroxyl groups is 1. The second kappa shape index (κ2) is 3.98. The molecule has 2 aromatic rings. The molecule has 0 aromatic carbocycles. The lowest BCUT2D eigenvalue weighted by Crippen LogP contribution is -1.96. The largest absolute Gasteiger partial charge is 0.396 e. The van der Waals surface area contributed by atoms with Crippen LogP contribution in [0.25, 0.3) is 5.52 Å². The molecule has 0 unspecified atom stereocenters. The molecule has 2 heterocycles. The second-order valence-electron chi connectivity index (χ2n) is 3.14. The maximum absolute atomic E-state index is 8.73. The molecule has 2 rings (SSSR count). The van der Waals surface area contributed by atoms with Crippen LogP contribution in [0.15, 0.2) is 24.5 Å². The number of pyridine rings is 1. The average molecular weight is 211 g/mol. The summed E-state index contributed by atoms with van der Waals surface area (Å²) in [5.74, 6) is 0.941. The SMILES string of the molecule is OCCCc1ncc2ccc(Cl)cn12. The first-order chi connectivity index (χ1) is 6.81. The standard InChI is InChI=1S/C10H11ClN2O/c11-8-3-4-9-6-12-10(2-1-5-14)13(9)7-8/h3-4,6-7,14H,1-2,5H2. The first kappa shape index (κ1) is 9.49. The van der Waals surface area contributed by atoms with Crippen LogP contribution in [0.1, 0.15) is 12.2 Å². The van der Waals surface area contributed by atoms with Gasteiger partial charge < -0.3 is 9.51 Å². The summed E-state index contributed by atoms with van der Waals surface area (Å²) in [5, 5.41) is 9.42. The number of imidazole rings is 1. The highest BCUT2D eigenvalue weighted by atomic mass is 35.5. The number of halogens is 1. The smallest absolute Gasteiger partial charge is 0.113 e. The van der Waals surface area contributed by atoms with Crippen molar-refractivity contribution in [1.82, 2.24) is 9.38 Å². The third-order valence-corrected chi connectivity index (χ3v) is 2.35. The summed E-state index contributed by atoms with van der Waals surface area (Å²) in [6.45, 7) is 0.190. The van der Waals surface area contributed by atoms with Crippen molar-refractivity contribution in [3.63, 3.8) is 0 Å². The Morgan fingerprint density at radius 3 is 3.07 bits per heavy atom. The van der Waals surface area contributed by atoms with Gasteiger partial charge in [-0.05, 0) is 18.6 Å². The van der Waals surface area contributed by atoms with Crippen LogP contribution in [-0.2, 0) is 6.42 Å². The van der Waals surface area contributed by atoms with Gasteiger partial charge in [0.15, 0.2) is 0 Å². The third kappa shape index (κ3) is 1.74. The lowest BCUT2D eigenvalue weighted by molar-refractivity contribution is 0.287. The fourth-order valence-corrected chi connectivity index (χ4v) is 1.60. The van der Waals surface area contributed by atoms with Crippen molar-refractivity contribution in [2.75, 3.05) is 6.61 Å². The van der Waals surface area contributed by atoms with Crippen molar-refractivity contribution >= 4 is 17.1 Å². The van der Waals surface area contributed by atoms with E-state index in [1.165, 1.54) is 0 Å². The van der Waals surface area contributed by atoms with E-state index in [0.29, 0.717) is 5.02 Å². The Hall–Kier alpha value is -1.06. The van der Waals surface area contributed by atoms with E-state index in [9.17, 15) is 0 Å². The van der Waals surface area contributed by atoms with E-state index in [1.807, 2.05) is 28.9 Å². The molecule has 74 valence electrons. The summed E-state index contributed by atoms with van der Waals surface area (Å²) in [4.78, 5) is 4.27. The number of aliphatic hydroxyl groups excluding tert-OH is 1. The number of hydrogen-bond donors (Lipinski definition) is 1. The predicted octanol–water partition coefficient (Wildman–Crippen LogP) is 1.91. The summed E-state index contributed by atoms with van der Waals surface area (Å²) in [6, 6.07) is 3.77. The molecule has 0 amide bonds.